The quantitative estimate of drug-likeness (QED) is 0.422. The number of hydrogen-bond acceptors (Lipinski definition) is 3. The summed E-state index contributed by atoms with van der Waals surface area (Å²) in [5.74, 6) is -2.66. The summed E-state index contributed by atoms with van der Waals surface area (Å²) in [6.45, 7) is 0. The first-order chi connectivity index (χ1) is 11.0. The van der Waals surface area contributed by atoms with E-state index in [9.17, 15) is 9.59 Å². The Morgan fingerprint density at radius 1 is 1.22 bits per heavy atom. The highest BCUT2D eigenvalue weighted by atomic mass is 35.5. The molecule has 126 valence electrons. The molecule has 0 bridgehead atoms. The Hall–Kier alpha value is -1.26. The fraction of sp³-hybridized carbons (Fsp3) is 0.529. The van der Waals surface area contributed by atoms with Crippen LogP contribution in [0.1, 0.15) is 44.1 Å². The van der Waals surface area contributed by atoms with Crippen LogP contribution in [0.2, 0.25) is 10.0 Å². The summed E-state index contributed by atoms with van der Waals surface area (Å²) in [6, 6.07) is 5.55. The third-order valence-corrected chi connectivity index (χ3v) is 4.69. The smallest absolute Gasteiger partial charge is 0.320 e. The average molecular weight is 359 g/mol. The lowest BCUT2D eigenvalue weighted by molar-refractivity contribution is -0.152. The van der Waals surface area contributed by atoms with Crippen molar-refractivity contribution in [2.24, 2.45) is 5.92 Å². The molecule has 2 unspecified atom stereocenters. The number of carbonyl (C=O) groups is 2. The number of cyclic esters (lactones) is 1. The van der Waals surface area contributed by atoms with E-state index >= 15 is 0 Å². The van der Waals surface area contributed by atoms with Crippen molar-refractivity contribution in [3.63, 3.8) is 0 Å². The first kappa shape index (κ1) is 18.1. The first-order valence-corrected chi connectivity index (χ1v) is 8.60. The monoisotopic (exact) mass is 358 g/mol. The number of carboxylic acid groups (broad SMARTS) is 1. The van der Waals surface area contributed by atoms with Crippen LogP contribution in [0.25, 0.3) is 0 Å². The fourth-order valence-electron chi connectivity index (χ4n) is 2.80. The van der Waals surface area contributed by atoms with E-state index in [1.807, 2.05) is 12.1 Å². The van der Waals surface area contributed by atoms with Crippen molar-refractivity contribution in [2.45, 2.75) is 51.0 Å². The molecule has 1 aliphatic heterocycles. The summed E-state index contributed by atoms with van der Waals surface area (Å²) >= 11 is 12.0. The number of aliphatic carboxylic acids is 1. The fourth-order valence-corrected chi connectivity index (χ4v) is 3.30. The van der Waals surface area contributed by atoms with Crippen LogP contribution in [-0.2, 0) is 20.7 Å². The van der Waals surface area contributed by atoms with Crippen LogP contribution < -0.4 is 0 Å². The van der Waals surface area contributed by atoms with Gasteiger partial charge in [0.2, 0.25) is 0 Å². The van der Waals surface area contributed by atoms with Gasteiger partial charge in [0, 0.05) is 16.5 Å². The molecule has 1 aliphatic rings. The molecule has 4 nitrogen and oxygen atoms in total. The molecule has 1 aromatic rings. The van der Waals surface area contributed by atoms with Crippen LogP contribution in [0.5, 0.6) is 0 Å². The lowest BCUT2D eigenvalue weighted by Gasteiger charge is -2.08. The Morgan fingerprint density at radius 3 is 2.61 bits per heavy atom. The maximum Gasteiger partial charge on any atom is 0.320 e. The van der Waals surface area contributed by atoms with Crippen molar-refractivity contribution < 1.29 is 19.4 Å². The Kier molecular flexibility index (Phi) is 6.72. The largest absolute Gasteiger partial charge is 0.481 e. The number of ether oxygens (including phenoxy) is 1. The van der Waals surface area contributed by atoms with Crippen molar-refractivity contribution in [2.75, 3.05) is 0 Å². The van der Waals surface area contributed by atoms with E-state index in [0.29, 0.717) is 16.5 Å². The number of carbonyl (C=O) groups excluding carboxylic acids is 1. The van der Waals surface area contributed by atoms with Gasteiger partial charge in [0.1, 0.15) is 6.10 Å². The Balaban J connectivity index is 1.60. The van der Waals surface area contributed by atoms with Crippen molar-refractivity contribution in [3.05, 3.63) is 33.8 Å². The number of carboxylic acids is 1. The van der Waals surface area contributed by atoms with E-state index in [1.54, 1.807) is 6.07 Å². The first-order valence-electron chi connectivity index (χ1n) is 7.84. The maximum atomic E-state index is 11.3. The van der Waals surface area contributed by atoms with Crippen molar-refractivity contribution in [1.29, 1.82) is 0 Å². The summed E-state index contributed by atoms with van der Waals surface area (Å²) in [5, 5.41) is 10.2. The highest BCUT2D eigenvalue weighted by Crippen LogP contribution is 2.26. The summed E-state index contributed by atoms with van der Waals surface area (Å²) < 4.78 is 5.09. The molecule has 0 aromatic heterocycles. The number of halogens is 2. The molecule has 0 saturated carbocycles. The summed E-state index contributed by atoms with van der Waals surface area (Å²) in [6.07, 6.45) is 5.75. The normalized spacial score (nSPS) is 20.5. The van der Waals surface area contributed by atoms with Gasteiger partial charge in [-0.2, -0.15) is 0 Å². The van der Waals surface area contributed by atoms with Gasteiger partial charge in [0.05, 0.1) is 0 Å². The third-order valence-electron chi connectivity index (χ3n) is 4.10. The van der Waals surface area contributed by atoms with Crippen LogP contribution in [0, 0.1) is 5.92 Å². The van der Waals surface area contributed by atoms with E-state index in [2.05, 4.69) is 0 Å². The van der Waals surface area contributed by atoms with Gasteiger partial charge < -0.3 is 9.84 Å². The average Bonchev–Trinajstić information content (AvgIpc) is 2.86. The Labute approximate surface area is 145 Å². The van der Waals surface area contributed by atoms with Gasteiger partial charge in [-0.15, -0.1) is 0 Å². The predicted molar refractivity (Wildman–Crippen MR) is 88.9 cm³/mol. The topological polar surface area (TPSA) is 63.6 Å². The molecule has 1 fully saturated rings. The number of hydrogen-bond donors (Lipinski definition) is 1. The number of benzene rings is 1. The SMILES string of the molecule is O=C(O)C1CC(CCCCCCc2ccc(Cl)cc2Cl)OC1=O. The summed E-state index contributed by atoms with van der Waals surface area (Å²) in [4.78, 5) is 22.2. The predicted octanol–water partition coefficient (Wildman–Crippen LogP) is 4.50. The van der Waals surface area contributed by atoms with Crippen LogP contribution >= 0.6 is 23.2 Å². The molecular formula is C17H20Cl2O4. The summed E-state index contributed by atoms with van der Waals surface area (Å²) in [5.41, 5.74) is 1.10. The molecule has 6 heteroatoms. The third kappa shape index (κ3) is 5.40. The second kappa shape index (κ2) is 8.55. The number of aryl methyl sites for hydroxylation is 1. The van der Waals surface area contributed by atoms with Crippen LogP contribution in [0.3, 0.4) is 0 Å². The van der Waals surface area contributed by atoms with E-state index < -0.39 is 17.9 Å². The van der Waals surface area contributed by atoms with Gasteiger partial charge in [-0.3, -0.25) is 9.59 Å². The van der Waals surface area contributed by atoms with Gasteiger partial charge in [-0.25, -0.2) is 0 Å². The van der Waals surface area contributed by atoms with E-state index in [-0.39, 0.29) is 6.10 Å². The lowest BCUT2D eigenvalue weighted by Crippen LogP contribution is -2.17. The Bertz CT molecular complexity index is 574. The zero-order chi connectivity index (χ0) is 16.8. The number of unbranched alkanes of at least 4 members (excludes halogenated alkanes) is 3. The molecule has 0 amide bonds. The van der Waals surface area contributed by atoms with Crippen LogP contribution in [-0.4, -0.2) is 23.1 Å². The van der Waals surface area contributed by atoms with E-state index in [0.717, 1.165) is 44.1 Å². The van der Waals surface area contributed by atoms with Crippen molar-refractivity contribution in [1.82, 2.24) is 0 Å². The minimum atomic E-state index is -1.09. The molecule has 2 atom stereocenters. The molecule has 2 rings (SSSR count). The molecular weight excluding hydrogens is 339 g/mol. The maximum absolute atomic E-state index is 11.3. The van der Waals surface area contributed by atoms with Gasteiger partial charge in [-0.05, 0) is 43.4 Å². The lowest BCUT2D eigenvalue weighted by atomic mass is 10.0. The molecule has 23 heavy (non-hydrogen) atoms. The molecule has 0 radical (unpaired) electrons. The molecule has 0 aliphatic carbocycles. The Morgan fingerprint density at radius 2 is 1.96 bits per heavy atom. The summed E-state index contributed by atoms with van der Waals surface area (Å²) in [7, 11) is 0. The molecule has 1 heterocycles. The van der Waals surface area contributed by atoms with E-state index in [1.165, 1.54) is 0 Å². The molecule has 0 spiro atoms. The number of esters is 1. The minimum absolute atomic E-state index is 0.241. The van der Waals surface area contributed by atoms with Crippen LogP contribution in [0.15, 0.2) is 18.2 Å². The number of rotatable bonds is 8. The highest BCUT2D eigenvalue weighted by molar-refractivity contribution is 6.35. The standard InChI is InChI=1S/C17H20Cl2O4/c18-12-8-7-11(15(19)9-12)5-3-1-2-4-6-13-10-14(16(20)21)17(22)23-13/h7-9,13-14H,1-6,10H2,(H,20,21). The van der Waals surface area contributed by atoms with Crippen molar-refractivity contribution >= 4 is 35.1 Å². The van der Waals surface area contributed by atoms with Crippen molar-refractivity contribution in [3.8, 4) is 0 Å². The van der Waals surface area contributed by atoms with Gasteiger partial charge in [0.15, 0.2) is 5.92 Å². The molecule has 1 aromatic carbocycles. The molecule has 1 saturated heterocycles. The van der Waals surface area contributed by atoms with Crippen LogP contribution in [0.4, 0.5) is 0 Å². The van der Waals surface area contributed by atoms with Gasteiger partial charge in [0.25, 0.3) is 0 Å². The zero-order valence-electron chi connectivity index (χ0n) is 12.8. The van der Waals surface area contributed by atoms with Gasteiger partial charge >= 0.3 is 11.9 Å². The highest BCUT2D eigenvalue weighted by Gasteiger charge is 2.39. The second-order valence-corrected chi connectivity index (χ2v) is 6.72. The van der Waals surface area contributed by atoms with E-state index in [4.69, 9.17) is 33.0 Å². The second-order valence-electron chi connectivity index (χ2n) is 5.87. The minimum Gasteiger partial charge on any atom is -0.481 e. The zero-order valence-corrected chi connectivity index (χ0v) is 14.3. The molecule has 1 N–H and O–H groups in total. The van der Waals surface area contributed by atoms with Gasteiger partial charge in [-0.1, -0.05) is 42.1 Å².